The summed E-state index contributed by atoms with van der Waals surface area (Å²) in [5, 5.41) is 9.48. The molecule has 74 valence electrons. The van der Waals surface area contributed by atoms with Crippen LogP contribution in [0.1, 0.15) is 21.5 Å². The monoisotopic (exact) mass is 255 g/mol. The first-order valence-electron chi connectivity index (χ1n) is 4.42. The molecule has 1 N–H and O–H groups in total. The maximum Gasteiger partial charge on any atom is 0.154 e. The van der Waals surface area contributed by atoms with Crippen LogP contribution in [-0.2, 0) is 13.0 Å². The van der Waals surface area contributed by atoms with E-state index in [2.05, 4.69) is 16.1 Å². The zero-order chi connectivity index (χ0) is 10.1. The Morgan fingerprint density at radius 2 is 2.29 bits per heavy atom. The van der Waals surface area contributed by atoms with Crippen LogP contribution in [0, 0.1) is 0 Å². The molecule has 1 aromatic rings. The quantitative estimate of drug-likeness (QED) is 0.616. The number of hydrogen-bond donors (Lipinski definition) is 1. The van der Waals surface area contributed by atoms with Crippen molar-refractivity contribution < 1.29 is 9.90 Å². The molecule has 0 amide bonds. The van der Waals surface area contributed by atoms with Gasteiger partial charge in [-0.2, -0.15) is 0 Å². The summed E-state index contributed by atoms with van der Waals surface area (Å²) in [6.45, 7) is 1.63. The van der Waals surface area contributed by atoms with Crippen LogP contribution in [-0.4, -0.2) is 21.9 Å². The number of hydrogen-bond acceptors (Lipinski definition) is 3. The van der Waals surface area contributed by atoms with Crippen LogP contribution in [0.15, 0.2) is 12.1 Å². The van der Waals surface area contributed by atoms with E-state index in [1.807, 2.05) is 9.99 Å². The van der Waals surface area contributed by atoms with Crippen LogP contribution in [0.5, 0.6) is 5.75 Å². The molecule has 4 heteroatoms. The maximum absolute atomic E-state index is 10.8. The summed E-state index contributed by atoms with van der Waals surface area (Å²) in [6, 6.07) is 3.44. The van der Waals surface area contributed by atoms with Gasteiger partial charge in [-0.05, 0) is 23.6 Å². The van der Waals surface area contributed by atoms with Crippen LogP contribution in [0.25, 0.3) is 0 Å². The fraction of sp³-hybridized carbons (Fsp3) is 0.300. The summed E-state index contributed by atoms with van der Waals surface area (Å²) in [7, 11) is 0. The molecule has 0 unspecified atom stereocenters. The van der Waals surface area contributed by atoms with E-state index in [1.54, 1.807) is 6.07 Å². The molecule has 1 heterocycles. The van der Waals surface area contributed by atoms with Crippen LogP contribution in [0.4, 0.5) is 0 Å². The third kappa shape index (κ3) is 1.55. The first-order valence-corrected chi connectivity index (χ1v) is 5.13. The molecule has 0 atom stereocenters. The van der Waals surface area contributed by atoms with Crippen molar-refractivity contribution in [2.75, 3.05) is 6.54 Å². The van der Waals surface area contributed by atoms with E-state index in [9.17, 15) is 9.90 Å². The van der Waals surface area contributed by atoms with Gasteiger partial charge < -0.3 is 5.11 Å². The zero-order valence-electron chi connectivity index (χ0n) is 7.53. The molecule has 0 bridgehead atoms. The Bertz CT molecular complexity index is 379. The van der Waals surface area contributed by atoms with E-state index in [4.69, 9.17) is 0 Å². The van der Waals surface area contributed by atoms with Gasteiger partial charge in [0.1, 0.15) is 5.75 Å². The topological polar surface area (TPSA) is 40.5 Å². The van der Waals surface area contributed by atoms with E-state index in [1.165, 1.54) is 0 Å². The Balaban J connectivity index is 2.52. The average molecular weight is 256 g/mol. The standard InChI is InChI=1S/C10H10BrNO2/c11-12-4-3-8-7(5-12)1-2-10(14)9(8)6-13/h1-2,6,14H,3-5H2. The normalized spacial score (nSPS) is 16.4. The minimum Gasteiger partial charge on any atom is -0.507 e. The summed E-state index contributed by atoms with van der Waals surface area (Å²) in [5.74, 6) is 0.0850. The number of phenolic OH excluding ortho intramolecular Hbond substituents is 1. The summed E-state index contributed by atoms with van der Waals surface area (Å²) in [6.07, 6.45) is 1.53. The molecule has 0 aliphatic carbocycles. The smallest absolute Gasteiger partial charge is 0.154 e. The minimum absolute atomic E-state index is 0.0850. The number of carbonyl (C=O) groups is 1. The Labute approximate surface area is 90.7 Å². The molecule has 2 rings (SSSR count). The summed E-state index contributed by atoms with van der Waals surface area (Å²) < 4.78 is 2.01. The second-order valence-electron chi connectivity index (χ2n) is 3.35. The lowest BCUT2D eigenvalue weighted by Crippen LogP contribution is -2.22. The SMILES string of the molecule is O=Cc1c(O)ccc2c1CCN(Br)C2. The first kappa shape index (κ1) is 9.68. The van der Waals surface area contributed by atoms with Crippen molar-refractivity contribution >= 4 is 22.4 Å². The van der Waals surface area contributed by atoms with Gasteiger partial charge in [-0.3, -0.25) is 4.79 Å². The summed E-state index contributed by atoms with van der Waals surface area (Å²) in [5.41, 5.74) is 2.53. The second-order valence-corrected chi connectivity index (χ2v) is 4.35. The molecule has 1 aliphatic heterocycles. The van der Waals surface area contributed by atoms with E-state index in [-0.39, 0.29) is 5.75 Å². The predicted octanol–water partition coefficient (Wildman–Crippen LogP) is 1.87. The number of nitrogens with zero attached hydrogens (tertiary/aromatic N) is 1. The fourth-order valence-corrected chi connectivity index (χ4v) is 2.22. The van der Waals surface area contributed by atoms with Crippen LogP contribution < -0.4 is 0 Å². The average Bonchev–Trinajstić information content (AvgIpc) is 2.18. The third-order valence-electron chi connectivity index (χ3n) is 2.50. The largest absolute Gasteiger partial charge is 0.507 e. The number of halogens is 1. The minimum atomic E-state index is 0.0850. The Morgan fingerprint density at radius 1 is 1.50 bits per heavy atom. The number of aromatic hydroxyl groups is 1. The van der Waals surface area contributed by atoms with Gasteiger partial charge in [-0.1, -0.05) is 6.07 Å². The van der Waals surface area contributed by atoms with Crippen LogP contribution >= 0.6 is 16.1 Å². The lowest BCUT2D eigenvalue weighted by Gasteiger charge is -2.24. The highest BCUT2D eigenvalue weighted by Crippen LogP contribution is 2.28. The van der Waals surface area contributed by atoms with Crippen molar-refractivity contribution in [3.63, 3.8) is 0 Å². The highest BCUT2D eigenvalue weighted by atomic mass is 79.9. The first-order chi connectivity index (χ1) is 6.72. The predicted molar refractivity (Wildman–Crippen MR) is 56.5 cm³/mol. The van der Waals surface area contributed by atoms with Gasteiger partial charge in [0, 0.05) is 29.2 Å². The van der Waals surface area contributed by atoms with Crippen molar-refractivity contribution in [2.45, 2.75) is 13.0 Å². The molecule has 0 saturated carbocycles. The molecule has 0 spiro atoms. The molecule has 14 heavy (non-hydrogen) atoms. The fourth-order valence-electron chi connectivity index (χ4n) is 1.77. The van der Waals surface area contributed by atoms with Gasteiger partial charge in [-0.25, -0.2) is 3.93 Å². The van der Waals surface area contributed by atoms with Gasteiger partial charge >= 0.3 is 0 Å². The maximum atomic E-state index is 10.8. The van der Waals surface area contributed by atoms with Gasteiger partial charge in [0.15, 0.2) is 6.29 Å². The van der Waals surface area contributed by atoms with E-state index < -0.39 is 0 Å². The molecule has 0 radical (unpaired) electrons. The number of rotatable bonds is 1. The van der Waals surface area contributed by atoms with Crippen molar-refractivity contribution in [3.05, 3.63) is 28.8 Å². The van der Waals surface area contributed by atoms with Crippen LogP contribution in [0.3, 0.4) is 0 Å². The molecular formula is C10H10BrNO2. The Kier molecular flexibility index (Phi) is 2.56. The molecule has 1 aliphatic rings. The lowest BCUT2D eigenvalue weighted by atomic mass is 9.95. The molecule has 1 aromatic carbocycles. The lowest BCUT2D eigenvalue weighted by molar-refractivity contribution is 0.111. The summed E-state index contributed by atoms with van der Waals surface area (Å²) >= 11 is 3.41. The van der Waals surface area contributed by atoms with Gasteiger partial charge in [0.25, 0.3) is 0 Å². The molecule has 0 saturated heterocycles. The third-order valence-corrected chi connectivity index (χ3v) is 3.10. The van der Waals surface area contributed by atoms with E-state index in [0.717, 1.165) is 36.9 Å². The molecule has 3 nitrogen and oxygen atoms in total. The number of phenols is 1. The highest BCUT2D eigenvalue weighted by molar-refractivity contribution is 9.07. The zero-order valence-corrected chi connectivity index (χ0v) is 9.12. The number of fused-ring (bicyclic) bond motifs is 1. The van der Waals surface area contributed by atoms with Crippen molar-refractivity contribution in [1.82, 2.24) is 3.93 Å². The van der Waals surface area contributed by atoms with Gasteiger partial charge in [0.2, 0.25) is 0 Å². The highest BCUT2D eigenvalue weighted by Gasteiger charge is 2.18. The number of benzene rings is 1. The van der Waals surface area contributed by atoms with E-state index in [0.29, 0.717) is 5.56 Å². The second kappa shape index (κ2) is 3.71. The van der Waals surface area contributed by atoms with Crippen LogP contribution in [0.2, 0.25) is 0 Å². The van der Waals surface area contributed by atoms with Crippen molar-refractivity contribution in [3.8, 4) is 5.75 Å². The molecule has 0 fully saturated rings. The molecular weight excluding hydrogens is 246 g/mol. The summed E-state index contributed by atoms with van der Waals surface area (Å²) in [4.78, 5) is 10.8. The van der Waals surface area contributed by atoms with Crippen molar-refractivity contribution in [1.29, 1.82) is 0 Å². The van der Waals surface area contributed by atoms with Gasteiger partial charge in [0.05, 0.1) is 5.56 Å². The number of aldehydes is 1. The number of carbonyl (C=O) groups excluding carboxylic acids is 1. The molecule has 0 aromatic heterocycles. The Morgan fingerprint density at radius 3 is 3.00 bits per heavy atom. The van der Waals surface area contributed by atoms with E-state index >= 15 is 0 Å². The Hall–Kier alpha value is -0.870. The van der Waals surface area contributed by atoms with Crippen molar-refractivity contribution in [2.24, 2.45) is 0 Å². The van der Waals surface area contributed by atoms with Gasteiger partial charge in [-0.15, -0.1) is 0 Å².